The van der Waals surface area contributed by atoms with E-state index in [0.717, 1.165) is 22.0 Å². The van der Waals surface area contributed by atoms with E-state index in [1.54, 1.807) is 24.3 Å². The third kappa shape index (κ3) is 4.53. The van der Waals surface area contributed by atoms with Gasteiger partial charge in [-0.05, 0) is 36.8 Å². The van der Waals surface area contributed by atoms with Crippen LogP contribution in [0.15, 0.2) is 54.7 Å². The predicted molar refractivity (Wildman–Crippen MR) is 109 cm³/mol. The van der Waals surface area contributed by atoms with Crippen molar-refractivity contribution in [2.24, 2.45) is 0 Å². The molecule has 0 saturated heterocycles. The first kappa shape index (κ1) is 19.9. The number of rotatable bonds is 6. The average molecular weight is 388 g/mol. The summed E-state index contributed by atoms with van der Waals surface area (Å²) in [4.78, 5) is 24.3. The van der Waals surface area contributed by atoms with Crippen molar-refractivity contribution in [1.82, 2.24) is 4.57 Å². The molecular formula is C23H20N2O4. The molecule has 6 nitrogen and oxygen atoms in total. The highest BCUT2D eigenvalue weighted by Gasteiger charge is 2.15. The smallest absolute Gasteiger partial charge is 0.341 e. The van der Waals surface area contributed by atoms with Crippen LogP contribution in [0.1, 0.15) is 27.9 Å². The van der Waals surface area contributed by atoms with E-state index >= 15 is 0 Å². The van der Waals surface area contributed by atoms with E-state index in [-0.39, 0.29) is 11.3 Å². The number of fused-ring (bicyclic) bond motifs is 1. The van der Waals surface area contributed by atoms with Crippen molar-refractivity contribution < 1.29 is 19.1 Å². The normalized spacial score (nSPS) is 10.8. The van der Waals surface area contributed by atoms with Crippen LogP contribution in [0.25, 0.3) is 17.0 Å². The second kappa shape index (κ2) is 8.89. The highest BCUT2D eigenvalue weighted by molar-refractivity contribution is 5.97. The number of nitriles is 1. The molecule has 29 heavy (non-hydrogen) atoms. The summed E-state index contributed by atoms with van der Waals surface area (Å²) in [7, 11) is 1.28. The zero-order valence-corrected chi connectivity index (χ0v) is 16.2. The van der Waals surface area contributed by atoms with Gasteiger partial charge in [-0.3, -0.25) is 0 Å². The Hall–Kier alpha value is -3.85. The van der Waals surface area contributed by atoms with Crippen LogP contribution in [0.2, 0.25) is 0 Å². The molecule has 2 aromatic carbocycles. The van der Waals surface area contributed by atoms with Crippen molar-refractivity contribution >= 4 is 28.9 Å². The number of aromatic nitrogens is 1. The summed E-state index contributed by atoms with van der Waals surface area (Å²) in [5.41, 5.74) is 2.88. The Morgan fingerprint density at radius 2 is 2.00 bits per heavy atom. The molecule has 0 amide bonds. The van der Waals surface area contributed by atoms with Crippen LogP contribution in [-0.2, 0) is 16.1 Å². The lowest BCUT2D eigenvalue weighted by Gasteiger charge is -2.08. The number of methoxy groups -OCH3 is 1. The third-order valence-corrected chi connectivity index (χ3v) is 4.43. The Morgan fingerprint density at radius 1 is 1.21 bits per heavy atom. The lowest BCUT2D eigenvalue weighted by atomic mass is 10.1. The van der Waals surface area contributed by atoms with Crippen LogP contribution in [0.4, 0.5) is 0 Å². The van der Waals surface area contributed by atoms with E-state index in [1.165, 1.54) is 13.2 Å². The number of aryl methyl sites for hydroxylation is 2. The first-order chi connectivity index (χ1) is 14.0. The molecule has 0 aliphatic carbocycles. The summed E-state index contributed by atoms with van der Waals surface area (Å²) in [5.74, 6) is -1.03. The lowest BCUT2D eigenvalue weighted by Crippen LogP contribution is -2.10. The number of esters is 2. The van der Waals surface area contributed by atoms with Gasteiger partial charge in [-0.1, -0.05) is 24.3 Å². The van der Waals surface area contributed by atoms with Crippen LogP contribution >= 0.6 is 0 Å². The van der Waals surface area contributed by atoms with Crippen molar-refractivity contribution in [3.63, 3.8) is 0 Å². The van der Waals surface area contributed by atoms with Gasteiger partial charge in [0.05, 0.1) is 19.6 Å². The summed E-state index contributed by atoms with van der Waals surface area (Å²) < 4.78 is 12.1. The van der Waals surface area contributed by atoms with Gasteiger partial charge in [0.2, 0.25) is 0 Å². The number of hydrogen-bond acceptors (Lipinski definition) is 5. The molecule has 0 aliphatic rings. The van der Waals surface area contributed by atoms with E-state index in [2.05, 4.69) is 6.07 Å². The monoisotopic (exact) mass is 388 g/mol. The van der Waals surface area contributed by atoms with Gasteiger partial charge in [-0.15, -0.1) is 0 Å². The zero-order chi connectivity index (χ0) is 20.8. The third-order valence-electron chi connectivity index (χ3n) is 4.43. The van der Waals surface area contributed by atoms with E-state index in [0.29, 0.717) is 13.0 Å². The van der Waals surface area contributed by atoms with Gasteiger partial charge in [-0.25, -0.2) is 9.59 Å². The molecule has 146 valence electrons. The Labute approximate surface area is 168 Å². The van der Waals surface area contributed by atoms with E-state index in [4.69, 9.17) is 14.7 Å². The SMILES string of the molecule is COC(=O)c1cc(C)ccc1OC(=O)/C=C/c1cn(CCC#N)c2ccccc12. The van der Waals surface area contributed by atoms with Crippen molar-refractivity contribution in [3.8, 4) is 11.8 Å². The summed E-state index contributed by atoms with van der Waals surface area (Å²) >= 11 is 0. The van der Waals surface area contributed by atoms with Crippen LogP contribution < -0.4 is 4.74 Å². The number of carbonyl (C=O) groups is 2. The van der Waals surface area contributed by atoms with E-state index < -0.39 is 11.9 Å². The fourth-order valence-corrected chi connectivity index (χ4v) is 3.07. The topological polar surface area (TPSA) is 81.3 Å². The number of ether oxygens (including phenoxy) is 2. The maximum atomic E-state index is 12.3. The van der Waals surface area contributed by atoms with Crippen molar-refractivity contribution in [2.75, 3.05) is 7.11 Å². The Bertz CT molecular complexity index is 1140. The Kier molecular flexibility index (Phi) is 6.10. The number of nitrogens with zero attached hydrogens (tertiary/aromatic N) is 2. The molecule has 0 saturated carbocycles. The van der Waals surface area contributed by atoms with Gasteiger partial charge in [-0.2, -0.15) is 5.26 Å². The fourth-order valence-electron chi connectivity index (χ4n) is 3.07. The molecule has 0 radical (unpaired) electrons. The summed E-state index contributed by atoms with van der Waals surface area (Å²) in [6, 6.07) is 14.8. The van der Waals surface area contributed by atoms with Gasteiger partial charge < -0.3 is 14.0 Å². The van der Waals surface area contributed by atoms with Gasteiger partial charge in [0.15, 0.2) is 0 Å². The molecule has 0 N–H and O–H groups in total. The summed E-state index contributed by atoms with van der Waals surface area (Å²) in [5, 5.41) is 9.82. The predicted octanol–water partition coefficient (Wildman–Crippen LogP) is 4.27. The minimum Gasteiger partial charge on any atom is -0.465 e. The maximum absolute atomic E-state index is 12.3. The highest BCUT2D eigenvalue weighted by atomic mass is 16.5. The second-order valence-corrected chi connectivity index (χ2v) is 6.45. The first-order valence-corrected chi connectivity index (χ1v) is 9.07. The van der Waals surface area contributed by atoms with Crippen molar-refractivity contribution in [1.29, 1.82) is 5.26 Å². The average Bonchev–Trinajstić information content (AvgIpc) is 3.09. The highest BCUT2D eigenvalue weighted by Crippen LogP contribution is 2.24. The molecule has 0 spiro atoms. The van der Waals surface area contributed by atoms with Crippen LogP contribution in [0.3, 0.4) is 0 Å². The van der Waals surface area contributed by atoms with Crippen LogP contribution in [0.5, 0.6) is 5.75 Å². The molecule has 6 heteroatoms. The van der Waals surface area contributed by atoms with Gasteiger partial charge in [0, 0.05) is 35.3 Å². The zero-order valence-electron chi connectivity index (χ0n) is 16.2. The molecular weight excluding hydrogens is 368 g/mol. The van der Waals surface area contributed by atoms with Crippen LogP contribution in [0, 0.1) is 18.3 Å². The van der Waals surface area contributed by atoms with Gasteiger partial charge in [0.25, 0.3) is 0 Å². The Balaban J connectivity index is 1.84. The maximum Gasteiger partial charge on any atom is 0.341 e. The molecule has 0 atom stereocenters. The standard InChI is InChI=1S/C23H20N2O4/c1-16-8-10-21(19(14-16)23(27)28-2)29-22(26)11-9-17-15-25(13-5-12-24)20-7-4-3-6-18(17)20/h3-4,6-11,14-15H,5,13H2,1-2H3/b11-9+. The summed E-state index contributed by atoms with van der Waals surface area (Å²) in [6.07, 6.45) is 5.28. The molecule has 0 aliphatic heterocycles. The lowest BCUT2D eigenvalue weighted by molar-refractivity contribution is -0.128. The van der Waals surface area contributed by atoms with Gasteiger partial charge in [0.1, 0.15) is 11.3 Å². The molecule has 1 heterocycles. The van der Waals surface area contributed by atoms with E-state index in [9.17, 15) is 9.59 Å². The van der Waals surface area contributed by atoms with Gasteiger partial charge >= 0.3 is 11.9 Å². The number of hydrogen-bond donors (Lipinski definition) is 0. The molecule has 3 rings (SSSR count). The van der Waals surface area contributed by atoms with Crippen molar-refractivity contribution in [3.05, 3.63) is 71.4 Å². The van der Waals surface area contributed by atoms with Crippen LogP contribution in [-0.4, -0.2) is 23.6 Å². The fraction of sp³-hybridized carbons (Fsp3) is 0.174. The first-order valence-electron chi connectivity index (χ1n) is 9.07. The quantitative estimate of drug-likeness (QED) is 0.358. The number of benzene rings is 2. The molecule has 0 unspecified atom stereocenters. The molecule has 0 fully saturated rings. The van der Waals surface area contributed by atoms with E-state index in [1.807, 2.05) is 42.0 Å². The number of para-hydroxylation sites is 1. The number of carbonyl (C=O) groups excluding carboxylic acids is 2. The Morgan fingerprint density at radius 3 is 2.76 bits per heavy atom. The molecule has 0 bridgehead atoms. The summed E-state index contributed by atoms with van der Waals surface area (Å²) in [6.45, 7) is 2.40. The second-order valence-electron chi connectivity index (χ2n) is 6.45. The minimum atomic E-state index is -0.604. The minimum absolute atomic E-state index is 0.147. The largest absolute Gasteiger partial charge is 0.465 e. The molecule has 1 aromatic heterocycles. The van der Waals surface area contributed by atoms with Crippen molar-refractivity contribution in [2.45, 2.75) is 19.9 Å². The molecule has 3 aromatic rings.